The van der Waals surface area contributed by atoms with Crippen molar-refractivity contribution in [1.29, 1.82) is 5.41 Å². The number of hydrogen-bond acceptors (Lipinski definition) is 3. The summed E-state index contributed by atoms with van der Waals surface area (Å²) in [5.74, 6) is 0.504. The maximum Gasteiger partial charge on any atom is 0.224 e. The number of nitrogens with zero attached hydrogens (tertiary/aromatic N) is 1. The molecule has 0 saturated heterocycles. The average Bonchev–Trinajstić information content (AvgIpc) is 2.37. The Bertz CT molecular complexity index is 404. The van der Waals surface area contributed by atoms with Gasteiger partial charge in [-0.25, -0.2) is 4.98 Å². The Morgan fingerprint density at radius 2 is 1.95 bits per heavy atom. The van der Waals surface area contributed by atoms with E-state index < -0.39 is 0 Å². The summed E-state index contributed by atoms with van der Waals surface area (Å²) in [6.45, 7) is 4.77. The van der Waals surface area contributed by atoms with Crippen LogP contribution in [0.4, 0.5) is 0 Å². The van der Waals surface area contributed by atoms with E-state index in [0.717, 1.165) is 12.0 Å². The second-order valence-electron chi connectivity index (χ2n) is 4.84. The minimum Gasteiger partial charge on any atom is -0.477 e. The van der Waals surface area contributed by atoms with Crippen LogP contribution in [0.15, 0.2) is 12.3 Å². The quantitative estimate of drug-likeness (QED) is 0.407. The molecule has 1 aromatic heterocycles. The van der Waals surface area contributed by atoms with Gasteiger partial charge in [-0.3, -0.25) is 5.41 Å². The molecule has 3 N–H and O–H groups in total. The maximum atomic E-state index is 7.57. The van der Waals surface area contributed by atoms with Gasteiger partial charge in [-0.05, 0) is 25.0 Å². The normalized spacial score (nSPS) is 10.4. The monoisotopic (exact) mass is 263 g/mol. The first-order valence-corrected chi connectivity index (χ1v) is 7.09. The molecule has 106 valence electrons. The molecule has 0 aliphatic rings. The Morgan fingerprint density at radius 3 is 2.63 bits per heavy atom. The fraction of sp³-hybridized carbons (Fsp3) is 0.600. The molecule has 0 atom stereocenters. The average molecular weight is 263 g/mol. The summed E-state index contributed by atoms with van der Waals surface area (Å²) < 4.78 is 5.65. The van der Waals surface area contributed by atoms with Crippen molar-refractivity contribution in [3.05, 3.63) is 23.4 Å². The van der Waals surface area contributed by atoms with E-state index in [0.29, 0.717) is 18.1 Å². The molecular weight excluding hydrogens is 238 g/mol. The highest BCUT2D eigenvalue weighted by molar-refractivity contribution is 5.98. The van der Waals surface area contributed by atoms with Crippen LogP contribution in [-0.2, 0) is 0 Å². The molecule has 0 amide bonds. The lowest BCUT2D eigenvalue weighted by Crippen LogP contribution is -2.16. The topological polar surface area (TPSA) is 72.0 Å². The number of hydrogen-bond donors (Lipinski definition) is 2. The van der Waals surface area contributed by atoms with E-state index in [2.05, 4.69) is 11.9 Å². The van der Waals surface area contributed by atoms with Crippen LogP contribution in [0.3, 0.4) is 0 Å². The minimum atomic E-state index is 0.0172. The third-order valence-electron chi connectivity index (χ3n) is 3.13. The lowest BCUT2D eigenvalue weighted by Gasteiger charge is -2.11. The van der Waals surface area contributed by atoms with Gasteiger partial charge in [0.15, 0.2) is 0 Å². The van der Waals surface area contributed by atoms with Crippen molar-refractivity contribution in [3.63, 3.8) is 0 Å². The van der Waals surface area contributed by atoms with E-state index in [9.17, 15) is 0 Å². The van der Waals surface area contributed by atoms with Crippen LogP contribution >= 0.6 is 0 Å². The molecule has 0 aliphatic heterocycles. The van der Waals surface area contributed by atoms with Gasteiger partial charge in [0.1, 0.15) is 5.84 Å². The van der Waals surface area contributed by atoms with Crippen molar-refractivity contribution in [2.75, 3.05) is 6.61 Å². The largest absolute Gasteiger partial charge is 0.477 e. The molecule has 0 spiro atoms. The molecule has 19 heavy (non-hydrogen) atoms. The van der Waals surface area contributed by atoms with Crippen LogP contribution in [0.1, 0.15) is 56.6 Å². The number of pyridine rings is 1. The summed E-state index contributed by atoms with van der Waals surface area (Å²) in [5.41, 5.74) is 7.11. The summed E-state index contributed by atoms with van der Waals surface area (Å²) in [4.78, 5) is 4.16. The summed E-state index contributed by atoms with van der Waals surface area (Å²) in [7, 11) is 0. The van der Waals surface area contributed by atoms with Crippen molar-refractivity contribution in [1.82, 2.24) is 4.98 Å². The first kappa shape index (κ1) is 15.5. The van der Waals surface area contributed by atoms with Crippen LogP contribution in [-0.4, -0.2) is 17.4 Å². The summed E-state index contributed by atoms with van der Waals surface area (Å²) in [6.07, 6.45) is 9.05. The van der Waals surface area contributed by atoms with Crippen LogP contribution in [0.5, 0.6) is 5.88 Å². The van der Waals surface area contributed by atoms with Crippen molar-refractivity contribution in [2.24, 2.45) is 5.73 Å². The zero-order valence-electron chi connectivity index (χ0n) is 12.0. The van der Waals surface area contributed by atoms with E-state index in [1.165, 1.54) is 32.1 Å². The Labute approximate surface area is 115 Å². The molecule has 0 aliphatic carbocycles. The Balaban J connectivity index is 2.37. The van der Waals surface area contributed by atoms with Gasteiger partial charge in [-0.1, -0.05) is 39.0 Å². The van der Waals surface area contributed by atoms with Crippen molar-refractivity contribution in [3.8, 4) is 5.88 Å². The zero-order valence-corrected chi connectivity index (χ0v) is 12.0. The van der Waals surface area contributed by atoms with Gasteiger partial charge in [0, 0.05) is 6.20 Å². The molecular formula is C15H25N3O. The van der Waals surface area contributed by atoms with Crippen LogP contribution in [0.25, 0.3) is 0 Å². The number of nitrogen functional groups attached to an aromatic ring is 1. The van der Waals surface area contributed by atoms with Gasteiger partial charge in [0.25, 0.3) is 0 Å². The number of amidine groups is 1. The first-order chi connectivity index (χ1) is 9.16. The van der Waals surface area contributed by atoms with Gasteiger partial charge in [-0.2, -0.15) is 0 Å². The van der Waals surface area contributed by atoms with Gasteiger partial charge < -0.3 is 10.5 Å². The van der Waals surface area contributed by atoms with E-state index in [4.69, 9.17) is 15.9 Å². The molecule has 1 rings (SSSR count). The predicted molar refractivity (Wildman–Crippen MR) is 78.9 cm³/mol. The van der Waals surface area contributed by atoms with E-state index in [1.807, 2.05) is 13.0 Å². The highest BCUT2D eigenvalue weighted by atomic mass is 16.5. The Morgan fingerprint density at radius 1 is 1.26 bits per heavy atom. The summed E-state index contributed by atoms with van der Waals surface area (Å²) in [6, 6.07) is 1.84. The number of nitrogens with two attached hydrogens (primary N) is 1. The fourth-order valence-corrected chi connectivity index (χ4v) is 2.02. The number of ether oxygens (including phenoxy) is 1. The lowest BCUT2D eigenvalue weighted by molar-refractivity contribution is 0.292. The first-order valence-electron chi connectivity index (χ1n) is 7.09. The molecule has 1 heterocycles. The third kappa shape index (κ3) is 5.28. The second kappa shape index (κ2) is 8.51. The maximum absolute atomic E-state index is 7.57. The number of aryl methyl sites for hydroxylation is 1. The number of aromatic nitrogens is 1. The Kier molecular flexibility index (Phi) is 6.93. The number of rotatable bonds is 9. The minimum absolute atomic E-state index is 0.0172. The molecule has 0 radical (unpaired) electrons. The predicted octanol–water partition coefficient (Wildman–Crippen LogP) is 3.41. The van der Waals surface area contributed by atoms with E-state index in [1.54, 1.807) is 6.20 Å². The highest BCUT2D eigenvalue weighted by Crippen LogP contribution is 2.18. The van der Waals surface area contributed by atoms with Gasteiger partial charge in [0.2, 0.25) is 5.88 Å². The second-order valence-corrected chi connectivity index (χ2v) is 4.84. The Hall–Kier alpha value is -1.58. The summed E-state index contributed by atoms with van der Waals surface area (Å²) in [5, 5.41) is 7.57. The highest BCUT2D eigenvalue weighted by Gasteiger charge is 2.10. The molecule has 4 heteroatoms. The fourth-order valence-electron chi connectivity index (χ4n) is 2.02. The lowest BCUT2D eigenvalue weighted by atomic mass is 10.1. The molecule has 0 fully saturated rings. The molecule has 0 bridgehead atoms. The van der Waals surface area contributed by atoms with Crippen molar-refractivity contribution in [2.45, 2.75) is 52.4 Å². The third-order valence-corrected chi connectivity index (χ3v) is 3.13. The van der Waals surface area contributed by atoms with Crippen molar-refractivity contribution >= 4 is 5.84 Å². The van der Waals surface area contributed by atoms with E-state index in [-0.39, 0.29) is 5.84 Å². The van der Waals surface area contributed by atoms with Crippen LogP contribution in [0.2, 0.25) is 0 Å². The molecule has 0 unspecified atom stereocenters. The number of unbranched alkanes of at least 4 members (excludes halogenated alkanes) is 5. The molecule has 4 nitrogen and oxygen atoms in total. The van der Waals surface area contributed by atoms with E-state index >= 15 is 0 Å². The smallest absolute Gasteiger partial charge is 0.224 e. The number of nitrogens with one attached hydrogen (secondary N) is 1. The van der Waals surface area contributed by atoms with Gasteiger partial charge in [0.05, 0.1) is 12.2 Å². The van der Waals surface area contributed by atoms with Gasteiger partial charge in [-0.15, -0.1) is 0 Å². The molecule has 0 saturated carbocycles. The zero-order chi connectivity index (χ0) is 14.1. The SMILES string of the molecule is CCCCCCCCOc1nccc(C)c1C(=N)N. The summed E-state index contributed by atoms with van der Waals surface area (Å²) >= 11 is 0. The molecule has 0 aromatic carbocycles. The molecule has 1 aromatic rings. The van der Waals surface area contributed by atoms with Crippen molar-refractivity contribution < 1.29 is 4.74 Å². The standard InChI is InChI=1S/C15H25N3O/c1-3-4-5-6-7-8-11-19-15-13(14(16)17)12(2)9-10-18-15/h9-10H,3-8,11H2,1-2H3,(H3,16,17). The van der Waals surface area contributed by atoms with Gasteiger partial charge >= 0.3 is 0 Å². The van der Waals surface area contributed by atoms with Crippen LogP contribution in [0, 0.1) is 12.3 Å². The van der Waals surface area contributed by atoms with Crippen LogP contribution < -0.4 is 10.5 Å².